The van der Waals surface area contributed by atoms with Crippen LogP contribution in [0.5, 0.6) is 0 Å². The van der Waals surface area contributed by atoms with Gasteiger partial charge in [-0.3, -0.25) is 4.90 Å². The first-order valence-electron chi connectivity index (χ1n) is 6.69. The molecule has 1 rings (SSSR count). The van der Waals surface area contributed by atoms with E-state index in [1.165, 1.54) is 25.9 Å². The minimum atomic E-state index is 0.267. The summed E-state index contributed by atoms with van der Waals surface area (Å²) in [6, 6.07) is 0.719. The van der Waals surface area contributed by atoms with E-state index in [1.54, 1.807) is 0 Å². The first kappa shape index (κ1) is 14.0. The molecule has 1 aliphatic heterocycles. The van der Waals surface area contributed by atoms with Gasteiger partial charge in [-0.1, -0.05) is 20.8 Å². The van der Waals surface area contributed by atoms with Crippen LogP contribution in [0.15, 0.2) is 0 Å². The van der Waals surface area contributed by atoms with E-state index in [9.17, 15) is 0 Å². The highest BCUT2D eigenvalue weighted by molar-refractivity contribution is 4.88. The Hall–Kier alpha value is -0.0800. The van der Waals surface area contributed by atoms with E-state index in [4.69, 9.17) is 0 Å². The highest BCUT2D eigenvalue weighted by atomic mass is 15.2. The summed E-state index contributed by atoms with van der Waals surface area (Å²) in [5, 5.41) is 3.64. The maximum absolute atomic E-state index is 3.64. The molecule has 0 aromatic heterocycles. The Morgan fingerprint density at radius 2 is 1.94 bits per heavy atom. The maximum atomic E-state index is 3.64. The zero-order valence-corrected chi connectivity index (χ0v) is 12.1. The maximum Gasteiger partial charge on any atom is 0.0252 e. The molecule has 1 unspecified atom stereocenters. The Kier molecular flexibility index (Phi) is 4.42. The predicted octanol–water partition coefficient (Wildman–Crippen LogP) is 2.89. The van der Waals surface area contributed by atoms with Crippen LogP contribution < -0.4 is 5.32 Å². The Labute approximate surface area is 102 Å². The highest BCUT2D eigenvalue weighted by Crippen LogP contribution is 2.22. The van der Waals surface area contributed by atoms with Gasteiger partial charge in [0.25, 0.3) is 0 Å². The minimum absolute atomic E-state index is 0.267. The van der Waals surface area contributed by atoms with Gasteiger partial charge < -0.3 is 5.32 Å². The second kappa shape index (κ2) is 5.05. The van der Waals surface area contributed by atoms with Crippen molar-refractivity contribution >= 4 is 0 Å². The molecule has 2 nitrogen and oxygen atoms in total. The van der Waals surface area contributed by atoms with Crippen LogP contribution in [-0.4, -0.2) is 36.1 Å². The molecule has 1 fully saturated rings. The van der Waals surface area contributed by atoms with Crippen LogP contribution in [0.2, 0.25) is 0 Å². The lowest BCUT2D eigenvalue weighted by atomic mass is 9.91. The highest BCUT2D eigenvalue weighted by Gasteiger charge is 2.28. The van der Waals surface area contributed by atoms with Crippen LogP contribution in [0.1, 0.15) is 54.4 Å². The number of hydrogen-bond acceptors (Lipinski definition) is 2. The molecule has 96 valence electrons. The SMILES string of the molecule is CC1CCNC(C)(C)CN1CCC(C)(C)C. The fraction of sp³-hybridized carbons (Fsp3) is 1.00. The van der Waals surface area contributed by atoms with E-state index in [0.29, 0.717) is 5.41 Å². The quantitative estimate of drug-likeness (QED) is 0.779. The number of rotatable bonds is 2. The smallest absolute Gasteiger partial charge is 0.0252 e. The minimum Gasteiger partial charge on any atom is -0.310 e. The molecule has 16 heavy (non-hydrogen) atoms. The van der Waals surface area contributed by atoms with Gasteiger partial charge in [0.2, 0.25) is 0 Å². The number of nitrogens with zero attached hydrogens (tertiary/aromatic N) is 1. The number of nitrogens with one attached hydrogen (secondary N) is 1. The molecule has 1 atom stereocenters. The molecule has 0 bridgehead atoms. The normalized spacial score (nSPS) is 27.8. The van der Waals surface area contributed by atoms with E-state index < -0.39 is 0 Å². The first-order valence-corrected chi connectivity index (χ1v) is 6.69. The van der Waals surface area contributed by atoms with Crippen molar-refractivity contribution in [1.82, 2.24) is 10.2 Å². The van der Waals surface area contributed by atoms with Crippen molar-refractivity contribution in [2.45, 2.75) is 66.0 Å². The Morgan fingerprint density at radius 3 is 2.50 bits per heavy atom. The zero-order valence-electron chi connectivity index (χ0n) is 12.1. The second-order valence-corrected chi connectivity index (χ2v) is 7.23. The van der Waals surface area contributed by atoms with Gasteiger partial charge in [-0.2, -0.15) is 0 Å². The topological polar surface area (TPSA) is 15.3 Å². The summed E-state index contributed by atoms with van der Waals surface area (Å²) in [6.45, 7) is 17.5. The van der Waals surface area contributed by atoms with Crippen molar-refractivity contribution in [2.24, 2.45) is 5.41 Å². The summed E-state index contributed by atoms with van der Waals surface area (Å²) < 4.78 is 0. The average Bonchev–Trinajstić information content (AvgIpc) is 2.21. The fourth-order valence-corrected chi connectivity index (χ4v) is 2.30. The average molecular weight is 226 g/mol. The summed E-state index contributed by atoms with van der Waals surface area (Å²) in [6.07, 6.45) is 2.56. The molecule has 0 spiro atoms. The molecular weight excluding hydrogens is 196 g/mol. The predicted molar refractivity (Wildman–Crippen MR) is 71.8 cm³/mol. The van der Waals surface area contributed by atoms with Crippen molar-refractivity contribution in [3.63, 3.8) is 0 Å². The summed E-state index contributed by atoms with van der Waals surface area (Å²) in [7, 11) is 0. The lowest BCUT2D eigenvalue weighted by Crippen LogP contribution is -2.48. The molecule has 1 aliphatic rings. The first-order chi connectivity index (χ1) is 7.20. The van der Waals surface area contributed by atoms with Crippen LogP contribution in [0.3, 0.4) is 0 Å². The van der Waals surface area contributed by atoms with Crippen molar-refractivity contribution in [2.75, 3.05) is 19.6 Å². The van der Waals surface area contributed by atoms with Crippen molar-refractivity contribution in [3.05, 3.63) is 0 Å². The summed E-state index contributed by atoms with van der Waals surface area (Å²) >= 11 is 0. The standard InChI is InChI=1S/C14H30N2/c1-12-7-9-15-14(5,6)11-16(12)10-8-13(2,3)4/h12,15H,7-11H2,1-6H3. The molecule has 0 aromatic carbocycles. The van der Waals surface area contributed by atoms with E-state index in [1.807, 2.05) is 0 Å². The van der Waals surface area contributed by atoms with Gasteiger partial charge in [0.05, 0.1) is 0 Å². The summed E-state index contributed by atoms with van der Waals surface area (Å²) in [5.41, 5.74) is 0.715. The third kappa shape index (κ3) is 4.84. The van der Waals surface area contributed by atoms with Crippen LogP contribution in [0, 0.1) is 5.41 Å². The zero-order chi connectivity index (χ0) is 12.4. The summed E-state index contributed by atoms with van der Waals surface area (Å²) in [5.74, 6) is 0. The lowest BCUT2D eigenvalue weighted by molar-refractivity contribution is 0.158. The number of hydrogen-bond donors (Lipinski definition) is 1. The molecule has 0 amide bonds. The van der Waals surface area contributed by atoms with Crippen LogP contribution in [0.4, 0.5) is 0 Å². The van der Waals surface area contributed by atoms with E-state index >= 15 is 0 Å². The molecule has 2 heteroatoms. The van der Waals surface area contributed by atoms with Crippen LogP contribution in [-0.2, 0) is 0 Å². The van der Waals surface area contributed by atoms with Gasteiger partial charge in [-0.05, 0) is 52.1 Å². The van der Waals surface area contributed by atoms with Gasteiger partial charge in [0.15, 0.2) is 0 Å². The van der Waals surface area contributed by atoms with Gasteiger partial charge in [-0.15, -0.1) is 0 Å². The largest absolute Gasteiger partial charge is 0.310 e. The van der Waals surface area contributed by atoms with Gasteiger partial charge >= 0.3 is 0 Å². The Morgan fingerprint density at radius 1 is 1.31 bits per heavy atom. The van der Waals surface area contributed by atoms with Crippen molar-refractivity contribution in [1.29, 1.82) is 0 Å². The van der Waals surface area contributed by atoms with E-state index in [2.05, 4.69) is 51.8 Å². The van der Waals surface area contributed by atoms with Gasteiger partial charge in [0.1, 0.15) is 0 Å². The molecule has 0 radical (unpaired) electrons. The lowest BCUT2D eigenvalue weighted by Gasteiger charge is -2.34. The van der Waals surface area contributed by atoms with E-state index in [-0.39, 0.29) is 5.54 Å². The molecule has 0 aliphatic carbocycles. The molecular formula is C14H30N2. The van der Waals surface area contributed by atoms with E-state index in [0.717, 1.165) is 12.6 Å². The Bertz CT molecular complexity index is 215. The second-order valence-electron chi connectivity index (χ2n) is 7.23. The van der Waals surface area contributed by atoms with Crippen LogP contribution in [0.25, 0.3) is 0 Å². The van der Waals surface area contributed by atoms with Crippen molar-refractivity contribution in [3.8, 4) is 0 Å². The van der Waals surface area contributed by atoms with Crippen molar-refractivity contribution < 1.29 is 0 Å². The Balaban J connectivity index is 2.54. The fourth-order valence-electron chi connectivity index (χ4n) is 2.30. The van der Waals surface area contributed by atoms with Crippen LogP contribution >= 0.6 is 0 Å². The molecule has 1 saturated heterocycles. The molecule has 1 heterocycles. The van der Waals surface area contributed by atoms with Gasteiger partial charge in [0, 0.05) is 18.1 Å². The molecule has 0 saturated carbocycles. The van der Waals surface area contributed by atoms with Gasteiger partial charge in [-0.25, -0.2) is 0 Å². The third-order valence-electron chi connectivity index (χ3n) is 3.54. The molecule has 0 aromatic rings. The summed E-state index contributed by atoms with van der Waals surface area (Å²) in [4.78, 5) is 2.66. The monoisotopic (exact) mass is 226 g/mol. The third-order valence-corrected chi connectivity index (χ3v) is 3.54. The molecule has 1 N–H and O–H groups in total.